The Bertz CT molecular complexity index is 668. The van der Waals surface area contributed by atoms with E-state index in [-0.39, 0.29) is 12.2 Å². The Labute approximate surface area is 99.9 Å². The molecule has 0 atom stereocenters. The maximum Gasteiger partial charge on any atom is 0.396 e. The van der Waals surface area contributed by atoms with Gasteiger partial charge >= 0.3 is 4.94 Å². The zero-order valence-corrected chi connectivity index (χ0v) is 10.4. The van der Waals surface area contributed by atoms with E-state index >= 15 is 0 Å². The third-order valence-electron chi connectivity index (χ3n) is 2.05. The second-order valence-electron chi connectivity index (χ2n) is 3.19. The van der Waals surface area contributed by atoms with Crippen molar-refractivity contribution in [1.82, 2.24) is 0 Å². The number of hydrogen-bond donors (Lipinski definition) is 0. The van der Waals surface area contributed by atoms with Gasteiger partial charge in [0.1, 0.15) is 0 Å². The van der Waals surface area contributed by atoms with Gasteiger partial charge in [0.25, 0.3) is 0 Å². The zero-order valence-electron chi connectivity index (χ0n) is 7.97. The highest BCUT2D eigenvalue weighted by molar-refractivity contribution is 8.13. The van der Waals surface area contributed by atoms with Gasteiger partial charge in [-0.2, -0.15) is 0 Å². The van der Waals surface area contributed by atoms with Crippen molar-refractivity contribution in [1.29, 1.82) is 0 Å². The molecule has 0 N–H and O–H groups in total. The van der Waals surface area contributed by atoms with Gasteiger partial charge in [-0.3, -0.25) is 0 Å². The standard InChI is InChI=1S/C9H7ClO4S2/c10-16(12,13)5-4-6-2-1-3-7-8(6)14-9(11)15-7/h1-3H,4-5H2. The quantitative estimate of drug-likeness (QED) is 0.805. The van der Waals surface area contributed by atoms with Gasteiger partial charge < -0.3 is 4.42 Å². The van der Waals surface area contributed by atoms with Crippen molar-refractivity contribution in [3.63, 3.8) is 0 Å². The lowest BCUT2D eigenvalue weighted by atomic mass is 10.1. The van der Waals surface area contributed by atoms with Crippen LogP contribution < -0.4 is 4.94 Å². The molecule has 0 spiro atoms. The third-order valence-corrected chi connectivity index (χ3v) is 4.00. The van der Waals surface area contributed by atoms with E-state index in [2.05, 4.69) is 0 Å². The summed E-state index contributed by atoms with van der Waals surface area (Å²) >= 11 is 0.995. The smallest absolute Gasteiger partial charge is 0.396 e. The summed E-state index contributed by atoms with van der Waals surface area (Å²) in [5.74, 6) is -0.173. The average Bonchev–Trinajstić information content (AvgIpc) is 2.54. The molecule has 0 aliphatic heterocycles. The van der Waals surface area contributed by atoms with E-state index in [1.54, 1.807) is 18.2 Å². The minimum absolute atomic E-state index is 0.173. The predicted octanol–water partition coefficient (Wildman–Crippen LogP) is 1.97. The van der Waals surface area contributed by atoms with Crippen LogP contribution in [0.5, 0.6) is 0 Å². The number of rotatable bonds is 3. The molecule has 0 saturated carbocycles. The number of hydrogen-bond acceptors (Lipinski definition) is 5. The Balaban J connectivity index is 2.41. The monoisotopic (exact) mass is 278 g/mol. The highest BCUT2D eigenvalue weighted by Crippen LogP contribution is 2.21. The first kappa shape index (κ1) is 11.6. The highest BCUT2D eigenvalue weighted by atomic mass is 35.7. The molecule has 0 radical (unpaired) electrons. The van der Waals surface area contributed by atoms with Crippen molar-refractivity contribution in [3.05, 3.63) is 33.5 Å². The SMILES string of the molecule is O=c1oc2c(CCS(=O)(=O)Cl)cccc2s1. The average molecular weight is 279 g/mol. The molecule has 2 rings (SSSR count). The van der Waals surface area contributed by atoms with E-state index in [4.69, 9.17) is 15.1 Å². The molecule has 0 unspecified atom stereocenters. The summed E-state index contributed by atoms with van der Waals surface area (Å²) < 4.78 is 27.3. The van der Waals surface area contributed by atoms with Crippen LogP contribution in [-0.4, -0.2) is 14.2 Å². The van der Waals surface area contributed by atoms with Crippen LogP contribution in [-0.2, 0) is 15.5 Å². The largest absolute Gasteiger partial charge is 0.414 e. The number of para-hydroxylation sites is 1. The van der Waals surface area contributed by atoms with Crippen LogP contribution >= 0.6 is 22.0 Å². The van der Waals surface area contributed by atoms with E-state index < -0.39 is 14.0 Å². The van der Waals surface area contributed by atoms with E-state index in [1.807, 2.05) is 0 Å². The molecule has 0 aliphatic rings. The van der Waals surface area contributed by atoms with Crippen LogP contribution in [0.1, 0.15) is 5.56 Å². The molecule has 1 aromatic heterocycles. The van der Waals surface area contributed by atoms with E-state index in [9.17, 15) is 13.2 Å². The summed E-state index contributed by atoms with van der Waals surface area (Å²) in [5.41, 5.74) is 1.14. The van der Waals surface area contributed by atoms with Crippen molar-refractivity contribution >= 4 is 41.4 Å². The highest BCUT2D eigenvalue weighted by Gasteiger charge is 2.11. The van der Waals surface area contributed by atoms with E-state index in [0.29, 0.717) is 11.1 Å². The van der Waals surface area contributed by atoms with Gasteiger partial charge in [-0.15, -0.1) is 0 Å². The van der Waals surface area contributed by atoms with Gasteiger partial charge in [0.15, 0.2) is 5.58 Å². The number of halogens is 1. The molecular weight excluding hydrogens is 272 g/mol. The van der Waals surface area contributed by atoms with Gasteiger partial charge in [-0.05, 0) is 18.1 Å². The first-order chi connectivity index (χ1) is 7.46. The van der Waals surface area contributed by atoms with Gasteiger partial charge in [-0.1, -0.05) is 23.5 Å². The van der Waals surface area contributed by atoms with Crippen molar-refractivity contribution in [2.75, 3.05) is 5.75 Å². The van der Waals surface area contributed by atoms with Crippen LogP contribution in [0.15, 0.2) is 27.4 Å². The number of benzene rings is 1. The Morgan fingerprint density at radius 2 is 2.12 bits per heavy atom. The molecule has 0 bridgehead atoms. The maximum atomic E-state index is 11.0. The van der Waals surface area contributed by atoms with Crippen LogP contribution in [0.3, 0.4) is 0 Å². The second kappa shape index (κ2) is 4.20. The van der Waals surface area contributed by atoms with E-state index in [1.165, 1.54) is 0 Å². The first-order valence-electron chi connectivity index (χ1n) is 4.39. The molecule has 2 aromatic rings. The molecule has 7 heteroatoms. The lowest BCUT2D eigenvalue weighted by molar-refractivity contribution is 0.581. The van der Waals surface area contributed by atoms with Crippen LogP contribution in [0.4, 0.5) is 0 Å². The normalized spacial score (nSPS) is 12.1. The van der Waals surface area contributed by atoms with Crippen molar-refractivity contribution in [2.24, 2.45) is 0 Å². The van der Waals surface area contributed by atoms with E-state index in [0.717, 1.165) is 16.0 Å². The zero-order chi connectivity index (χ0) is 11.8. The minimum atomic E-state index is -3.53. The molecule has 0 aliphatic carbocycles. The van der Waals surface area contributed by atoms with Crippen LogP contribution in [0, 0.1) is 0 Å². The Kier molecular flexibility index (Phi) is 3.05. The molecular formula is C9H7ClO4S2. The Morgan fingerprint density at radius 1 is 1.38 bits per heavy atom. The topological polar surface area (TPSA) is 64.3 Å². The van der Waals surface area contributed by atoms with Gasteiger partial charge in [0.2, 0.25) is 9.05 Å². The van der Waals surface area contributed by atoms with Crippen molar-refractivity contribution < 1.29 is 12.8 Å². The Hall–Kier alpha value is -0.850. The predicted molar refractivity (Wildman–Crippen MR) is 63.7 cm³/mol. The minimum Gasteiger partial charge on any atom is -0.414 e. The first-order valence-corrected chi connectivity index (χ1v) is 7.69. The van der Waals surface area contributed by atoms with Crippen LogP contribution in [0.2, 0.25) is 0 Å². The summed E-state index contributed by atoms with van der Waals surface area (Å²) in [4.78, 5) is 10.7. The molecule has 86 valence electrons. The molecule has 0 fully saturated rings. The van der Waals surface area contributed by atoms with Gasteiger partial charge in [0, 0.05) is 10.7 Å². The molecule has 0 amide bonds. The maximum absolute atomic E-state index is 11.0. The van der Waals surface area contributed by atoms with Crippen LogP contribution in [0.25, 0.3) is 10.3 Å². The summed E-state index contributed by atoms with van der Waals surface area (Å²) in [6.07, 6.45) is 0.239. The number of fused-ring (bicyclic) bond motifs is 1. The molecule has 0 saturated heterocycles. The molecule has 4 nitrogen and oxygen atoms in total. The summed E-state index contributed by atoms with van der Waals surface area (Å²) in [7, 11) is 1.59. The fourth-order valence-corrected chi connectivity index (χ4v) is 2.79. The van der Waals surface area contributed by atoms with Crippen molar-refractivity contribution in [3.8, 4) is 0 Å². The summed E-state index contributed by atoms with van der Waals surface area (Å²) in [5, 5.41) is 0. The van der Waals surface area contributed by atoms with Crippen molar-refractivity contribution in [2.45, 2.75) is 6.42 Å². The Morgan fingerprint density at radius 3 is 2.81 bits per heavy atom. The lowest BCUT2D eigenvalue weighted by Crippen LogP contribution is -2.01. The molecule has 1 aromatic carbocycles. The third kappa shape index (κ3) is 2.63. The fourth-order valence-electron chi connectivity index (χ4n) is 1.38. The molecule has 1 heterocycles. The number of aryl methyl sites for hydroxylation is 1. The second-order valence-corrected chi connectivity index (χ2v) is 7.07. The fraction of sp³-hybridized carbons (Fsp3) is 0.222. The van der Waals surface area contributed by atoms with Gasteiger partial charge in [-0.25, -0.2) is 13.2 Å². The summed E-state index contributed by atoms with van der Waals surface area (Å²) in [6, 6.07) is 5.23. The molecule has 16 heavy (non-hydrogen) atoms. The van der Waals surface area contributed by atoms with Gasteiger partial charge in [0.05, 0.1) is 10.5 Å². The lowest BCUT2D eigenvalue weighted by Gasteiger charge is -1.99. The summed E-state index contributed by atoms with van der Waals surface area (Å²) in [6.45, 7) is 0.